The zero-order chi connectivity index (χ0) is 19.1. The molecule has 3 N–H and O–H groups in total. The number of amides is 1. The molecule has 0 saturated heterocycles. The van der Waals surface area contributed by atoms with Gasteiger partial charge in [0.1, 0.15) is 11.5 Å². The Morgan fingerprint density at radius 1 is 1.08 bits per heavy atom. The van der Waals surface area contributed by atoms with Gasteiger partial charge in [0.05, 0.1) is 12.0 Å². The Hall–Kier alpha value is -3.35. The summed E-state index contributed by atoms with van der Waals surface area (Å²) in [6.45, 7) is 1.10. The van der Waals surface area contributed by atoms with Crippen molar-refractivity contribution in [2.75, 3.05) is 6.61 Å². The summed E-state index contributed by atoms with van der Waals surface area (Å²) in [6, 6.07) is 11.6. The number of carbonyl (C=O) groups is 3. The van der Waals surface area contributed by atoms with Gasteiger partial charge in [-0.1, -0.05) is 18.2 Å². The Bertz CT molecular complexity index is 803. The van der Waals surface area contributed by atoms with Crippen molar-refractivity contribution in [3.05, 3.63) is 59.7 Å². The highest BCUT2D eigenvalue weighted by Crippen LogP contribution is 2.22. The molecule has 0 aromatic heterocycles. The molecule has 7 heteroatoms. The minimum absolute atomic E-state index is 0.0546. The van der Waals surface area contributed by atoms with Crippen LogP contribution in [0.25, 0.3) is 0 Å². The van der Waals surface area contributed by atoms with E-state index in [-0.39, 0.29) is 23.6 Å². The fourth-order valence-electron chi connectivity index (χ4n) is 2.24. The summed E-state index contributed by atoms with van der Waals surface area (Å²) >= 11 is 0. The fourth-order valence-corrected chi connectivity index (χ4v) is 2.24. The number of rotatable bonds is 7. The molecule has 1 atom stereocenters. The number of Topliss-reactive ketones (excluding diaryl/α,β-unsaturated/α-hetero) is 1. The summed E-state index contributed by atoms with van der Waals surface area (Å²) < 4.78 is 4.89. The number of nitrogens with one attached hydrogen (secondary N) is 1. The number of ether oxygens (including phenoxy) is 1. The lowest BCUT2D eigenvalue weighted by molar-refractivity contribution is -0.142. The van der Waals surface area contributed by atoms with Gasteiger partial charge in [0.15, 0.2) is 6.61 Å². The first kappa shape index (κ1) is 19.0. The van der Waals surface area contributed by atoms with Crippen molar-refractivity contribution in [3.63, 3.8) is 0 Å². The molecule has 0 bridgehead atoms. The topological polar surface area (TPSA) is 113 Å². The van der Waals surface area contributed by atoms with E-state index in [2.05, 4.69) is 5.32 Å². The second-order valence-electron chi connectivity index (χ2n) is 5.73. The van der Waals surface area contributed by atoms with Gasteiger partial charge in [-0.15, -0.1) is 0 Å². The van der Waals surface area contributed by atoms with Gasteiger partial charge in [0.2, 0.25) is 5.78 Å². The van der Waals surface area contributed by atoms with Crippen LogP contribution in [0.5, 0.6) is 11.5 Å². The van der Waals surface area contributed by atoms with Crippen LogP contribution in [0.1, 0.15) is 34.1 Å². The fraction of sp³-hybridized carbons (Fsp3) is 0.211. The van der Waals surface area contributed by atoms with Gasteiger partial charge in [0, 0.05) is 17.7 Å². The van der Waals surface area contributed by atoms with E-state index >= 15 is 0 Å². The molecular formula is C19H19NO6. The van der Waals surface area contributed by atoms with Gasteiger partial charge in [-0.3, -0.25) is 14.4 Å². The van der Waals surface area contributed by atoms with E-state index in [1.807, 2.05) is 0 Å². The van der Waals surface area contributed by atoms with E-state index in [1.165, 1.54) is 12.1 Å². The third kappa shape index (κ3) is 5.34. The van der Waals surface area contributed by atoms with Gasteiger partial charge < -0.3 is 20.3 Å². The van der Waals surface area contributed by atoms with E-state index in [9.17, 15) is 24.6 Å². The minimum Gasteiger partial charge on any atom is -0.508 e. The molecule has 0 aliphatic rings. The van der Waals surface area contributed by atoms with Crippen molar-refractivity contribution in [2.45, 2.75) is 19.4 Å². The van der Waals surface area contributed by atoms with E-state index in [1.54, 1.807) is 37.3 Å². The van der Waals surface area contributed by atoms with Crippen molar-refractivity contribution in [3.8, 4) is 11.5 Å². The van der Waals surface area contributed by atoms with Crippen LogP contribution in [0.15, 0.2) is 48.5 Å². The summed E-state index contributed by atoms with van der Waals surface area (Å²) in [5, 5.41) is 21.5. The van der Waals surface area contributed by atoms with Crippen LogP contribution < -0.4 is 5.32 Å². The van der Waals surface area contributed by atoms with Crippen molar-refractivity contribution in [2.24, 2.45) is 0 Å². The maximum atomic E-state index is 12.0. The number of esters is 1. The number of phenolic OH excluding ortho intramolecular Hbond substituents is 2. The van der Waals surface area contributed by atoms with Crippen LogP contribution in [0.3, 0.4) is 0 Å². The van der Waals surface area contributed by atoms with Crippen molar-refractivity contribution >= 4 is 17.7 Å². The third-order valence-electron chi connectivity index (χ3n) is 3.53. The quantitative estimate of drug-likeness (QED) is 0.516. The van der Waals surface area contributed by atoms with Gasteiger partial charge in [-0.25, -0.2) is 0 Å². The molecule has 2 aromatic rings. The Kier molecular flexibility index (Phi) is 6.32. The van der Waals surface area contributed by atoms with Crippen molar-refractivity contribution < 1.29 is 29.3 Å². The molecule has 0 unspecified atom stereocenters. The first-order valence-corrected chi connectivity index (χ1v) is 7.93. The summed E-state index contributed by atoms with van der Waals surface area (Å²) in [5.41, 5.74) is 0.423. The number of benzene rings is 2. The second-order valence-corrected chi connectivity index (χ2v) is 5.73. The summed E-state index contributed by atoms with van der Waals surface area (Å²) in [5.74, 6) is -2.14. The Morgan fingerprint density at radius 3 is 2.42 bits per heavy atom. The SMILES string of the molecule is C[C@H](CC(=O)OCC(=O)c1ccc(O)cc1O)NC(=O)c1ccccc1. The molecule has 0 heterocycles. The molecular weight excluding hydrogens is 338 g/mol. The van der Waals surface area contributed by atoms with Gasteiger partial charge in [-0.05, 0) is 31.2 Å². The Labute approximate surface area is 150 Å². The molecule has 2 rings (SSSR count). The lowest BCUT2D eigenvalue weighted by Crippen LogP contribution is -2.34. The Morgan fingerprint density at radius 2 is 1.77 bits per heavy atom. The molecule has 0 spiro atoms. The molecule has 2 aromatic carbocycles. The van der Waals surface area contributed by atoms with Crippen LogP contribution in [0, 0.1) is 0 Å². The lowest BCUT2D eigenvalue weighted by Gasteiger charge is -2.13. The maximum Gasteiger partial charge on any atom is 0.308 e. The molecule has 0 radical (unpaired) electrons. The number of aromatic hydroxyl groups is 2. The molecule has 1 amide bonds. The number of phenols is 2. The number of hydrogen-bond acceptors (Lipinski definition) is 6. The monoisotopic (exact) mass is 357 g/mol. The highest BCUT2D eigenvalue weighted by molar-refractivity contribution is 6.00. The van der Waals surface area contributed by atoms with E-state index in [4.69, 9.17) is 4.74 Å². The molecule has 0 aliphatic heterocycles. The highest BCUT2D eigenvalue weighted by atomic mass is 16.5. The standard InChI is InChI=1S/C19H19NO6/c1-12(20-19(25)13-5-3-2-4-6-13)9-18(24)26-11-17(23)15-8-7-14(21)10-16(15)22/h2-8,10,12,21-22H,9,11H2,1H3,(H,20,25)/t12-/m1/s1. The highest BCUT2D eigenvalue weighted by Gasteiger charge is 2.17. The van der Waals surface area contributed by atoms with Gasteiger partial charge in [0.25, 0.3) is 5.91 Å². The summed E-state index contributed by atoms with van der Waals surface area (Å²) in [6.07, 6.45) is -0.104. The van der Waals surface area contributed by atoms with Crippen LogP contribution in [-0.4, -0.2) is 40.5 Å². The number of carbonyl (C=O) groups excluding carboxylic acids is 3. The normalized spacial score (nSPS) is 11.4. The van der Waals surface area contributed by atoms with Crippen molar-refractivity contribution in [1.82, 2.24) is 5.32 Å². The smallest absolute Gasteiger partial charge is 0.308 e. The number of ketones is 1. The first-order valence-electron chi connectivity index (χ1n) is 7.93. The summed E-state index contributed by atoms with van der Waals surface area (Å²) in [7, 11) is 0. The molecule has 7 nitrogen and oxygen atoms in total. The zero-order valence-corrected chi connectivity index (χ0v) is 14.1. The largest absolute Gasteiger partial charge is 0.508 e. The molecule has 26 heavy (non-hydrogen) atoms. The predicted molar refractivity (Wildman–Crippen MR) is 93.0 cm³/mol. The van der Waals surface area contributed by atoms with Crippen LogP contribution in [-0.2, 0) is 9.53 Å². The predicted octanol–water partition coefficient (Wildman–Crippen LogP) is 2.03. The van der Waals surface area contributed by atoms with Crippen LogP contribution in [0.2, 0.25) is 0 Å². The van der Waals surface area contributed by atoms with Crippen LogP contribution >= 0.6 is 0 Å². The number of hydrogen-bond donors (Lipinski definition) is 3. The zero-order valence-electron chi connectivity index (χ0n) is 14.1. The minimum atomic E-state index is -0.655. The van der Waals surface area contributed by atoms with Crippen LogP contribution in [0.4, 0.5) is 0 Å². The summed E-state index contributed by atoms with van der Waals surface area (Å²) in [4.78, 5) is 35.7. The molecule has 0 fully saturated rings. The average molecular weight is 357 g/mol. The second kappa shape index (κ2) is 8.66. The van der Waals surface area contributed by atoms with E-state index in [0.717, 1.165) is 6.07 Å². The molecule has 136 valence electrons. The average Bonchev–Trinajstić information content (AvgIpc) is 2.60. The molecule has 0 aliphatic carbocycles. The third-order valence-corrected chi connectivity index (χ3v) is 3.53. The van der Waals surface area contributed by atoms with Gasteiger partial charge >= 0.3 is 5.97 Å². The van der Waals surface area contributed by atoms with Gasteiger partial charge in [-0.2, -0.15) is 0 Å². The molecule has 0 saturated carbocycles. The first-order chi connectivity index (χ1) is 12.4. The Balaban J connectivity index is 1.80. The van der Waals surface area contributed by atoms with E-state index in [0.29, 0.717) is 5.56 Å². The van der Waals surface area contributed by atoms with E-state index < -0.39 is 30.2 Å². The van der Waals surface area contributed by atoms with Crippen molar-refractivity contribution in [1.29, 1.82) is 0 Å². The maximum absolute atomic E-state index is 12.0. The lowest BCUT2D eigenvalue weighted by atomic mass is 10.1.